The fourth-order valence-corrected chi connectivity index (χ4v) is 2.34. The Morgan fingerprint density at radius 1 is 1.24 bits per heavy atom. The quantitative estimate of drug-likeness (QED) is 0.570. The van der Waals surface area contributed by atoms with E-state index in [1.165, 1.54) is 6.08 Å². The topological polar surface area (TPSA) is 66.4 Å². The van der Waals surface area contributed by atoms with Crippen molar-refractivity contribution in [2.45, 2.75) is 44.9 Å². The van der Waals surface area contributed by atoms with Crippen molar-refractivity contribution in [1.29, 1.82) is 0 Å². The van der Waals surface area contributed by atoms with E-state index in [2.05, 4.69) is 11.9 Å². The smallest absolute Gasteiger partial charge is 0.311 e. The van der Waals surface area contributed by atoms with Crippen LogP contribution in [0.15, 0.2) is 12.7 Å². The van der Waals surface area contributed by atoms with Crippen molar-refractivity contribution in [3.63, 3.8) is 0 Å². The molecule has 0 aromatic rings. The minimum atomic E-state index is -0.779. The standard InChI is InChI=1S/C13H21NO3/c1-2-7-11(15)14-10-13(12(16)17)8-5-3-4-6-9-13/h2H,1,3-10H2,(H,14,15)(H,16,17). The van der Waals surface area contributed by atoms with E-state index < -0.39 is 11.4 Å². The predicted molar refractivity (Wildman–Crippen MR) is 65.6 cm³/mol. The van der Waals surface area contributed by atoms with Crippen LogP contribution >= 0.6 is 0 Å². The van der Waals surface area contributed by atoms with E-state index in [9.17, 15) is 14.7 Å². The molecule has 0 bridgehead atoms. The van der Waals surface area contributed by atoms with Crippen LogP contribution < -0.4 is 5.32 Å². The molecule has 0 heterocycles. The number of rotatable bonds is 5. The van der Waals surface area contributed by atoms with Gasteiger partial charge in [0.1, 0.15) is 0 Å². The Morgan fingerprint density at radius 2 is 1.82 bits per heavy atom. The molecule has 1 aliphatic carbocycles. The maximum Gasteiger partial charge on any atom is 0.311 e. The van der Waals surface area contributed by atoms with Crippen molar-refractivity contribution in [2.24, 2.45) is 5.41 Å². The summed E-state index contributed by atoms with van der Waals surface area (Å²) in [6.07, 6.45) is 7.15. The van der Waals surface area contributed by atoms with Gasteiger partial charge < -0.3 is 10.4 Å². The Hall–Kier alpha value is -1.32. The lowest BCUT2D eigenvalue weighted by Crippen LogP contribution is -2.42. The number of carbonyl (C=O) groups is 2. The number of carboxylic acids is 1. The van der Waals surface area contributed by atoms with Gasteiger partial charge in [-0.3, -0.25) is 9.59 Å². The molecule has 0 aromatic heterocycles. The van der Waals surface area contributed by atoms with Gasteiger partial charge in [-0.05, 0) is 12.8 Å². The molecular formula is C13H21NO3. The van der Waals surface area contributed by atoms with Crippen molar-refractivity contribution in [3.8, 4) is 0 Å². The maximum atomic E-state index is 11.4. The summed E-state index contributed by atoms with van der Waals surface area (Å²) in [7, 11) is 0. The molecule has 1 rings (SSSR count). The number of nitrogens with one attached hydrogen (secondary N) is 1. The average Bonchev–Trinajstić information content (AvgIpc) is 2.53. The molecular weight excluding hydrogens is 218 g/mol. The molecule has 17 heavy (non-hydrogen) atoms. The van der Waals surface area contributed by atoms with Crippen LogP contribution in [0.5, 0.6) is 0 Å². The molecule has 2 N–H and O–H groups in total. The van der Waals surface area contributed by atoms with Crippen LogP contribution in [0.3, 0.4) is 0 Å². The molecule has 0 aliphatic heterocycles. The first-order valence-corrected chi connectivity index (χ1v) is 6.22. The Labute approximate surface area is 102 Å². The van der Waals surface area contributed by atoms with E-state index in [1.54, 1.807) is 0 Å². The second kappa shape index (κ2) is 6.42. The molecule has 0 radical (unpaired) electrons. The molecule has 0 unspecified atom stereocenters. The SMILES string of the molecule is C=CCC(=O)NCC1(C(=O)O)CCCCCC1. The van der Waals surface area contributed by atoms with Crippen LogP contribution in [0.4, 0.5) is 0 Å². The molecule has 1 aliphatic rings. The Bertz CT molecular complexity index is 291. The van der Waals surface area contributed by atoms with Gasteiger partial charge in [-0.2, -0.15) is 0 Å². The van der Waals surface area contributed by atoms with E-state index in [0.29, 0.717) is 12.8 Å². The number of hydrogen-bond donors (Lipinski definition) is 2. The third-order valence-corrected chi connectivity index (χ3v) is 3.47. The average molecular weight is 239 g/mol. The summed E-state index contributed by atoms with van der Waals surface area (Å²) in [5.41, 5.74) is -0.757. The van der Waals surface area contributed by atoms with Gasteiger partial charge >= 0.3 is 5.97 Å². The third-order valence-electron chi connectivity index (χ3n) is 3.47. The molecule has 4 heteroatoms. The van der Waals surface area contributed by atoms with Crippen molar-refractivity contribution < 1.29 is 14.7 Å². The predicted octanol–water partition coefficient (Wildman–Crippen LogP) is 2.10. The summed E-state index contributed by atoms with van der Waals surface area (Å²) in [5, 5.41) is 12.1. The highest BCUT2D eigenvalue weighted by atomic mass is 16.4. The van der Waals surface area contributed by atoms with Crippen molar-refractivity contribution in [3.05, 3.63) is 12.7 Å². The fraction of sp³-hybridized carbons (Fsp3) is 0.692. The van der Waals surface area contributed by atoms with Crippen molar-refractivity contribution in [1.82, 2.24) is 5.32 Å². The first-order chi connectivity index (χ1) is 8.10. The van der Waals surface area contributed by atoms with Gasteiger partial charge in [0.15, 0.2) is 0 Å². The van der Waals surface area contributed by atoms with Crippen LogP contribution in [0.1, 0.15) is 44.9 Å². The summed E-state index contributed by atoms with van der Waals surface area (Å²) >= 11 is 0. The zero-order valence-electron chi connectivity index (χ0n) is 10.2. The number of amides is 1. The van der Waals surface area contributed by atoms with Gasteiger partial charge in [-0.1, -0.05) is 31.8 Å². The minimum absolute atomic E-state index is 0.148. The highest BCUT2D eigenvalue weighted by molar-refractivity contribution is 5.79. The first-order valence-electron chi connectivity index (χ1n) is 6.22. The van der Waals surface area contributed by atoms with Crippen LogP contribution in [-0.2, 0) is 9.59 Å². The van der Waals surface area contributed by atoms with Gasteiger partial charge in [0, 0.05) is 13.0 Å². The minimum Gasteiger partial charge on any atom is -0.481 e. The molecule has 1 fully saturated rings. The van der Waals surface area contributed by atoms with Crippen LogP contribution in [0.2, 0.25) is 0 Å². The molecule has 96 valence electrons. The second-order valence-electron chi connectivity index (χ2n) is 4.77. The first kappa shape index (κ1) is 13.7. The summed E-state index contributed by atoms with van der Waals surface area (Å²) in [6, 6.07) is 0. The van der Waals surface area contributed by atoms with E-state index in [-0.39, 0.29) is 18.9 Å². The summed E-state index contributed by atoms with van der Waals surface area (Å²) in [4.78, 5) is 22.8. The Kier molecular flexibility index (Phi) is 5.19. The molecule has 0 atom stereocenters. The number of carboxylic acid groups (broad SMARTS) is 1. The number of aliphatic carboxylic acids is 1. The normalized spacial score (nSPS) is 19.1. The number of carbonyl (C=O) groups excluding carboxylic acids is 1. The van der Waals surface area contributed by atoms with E-state index in [1.807, 2.05) is 0 Å². The van der Waals surface area contributed by atoms with Crippen molar-refractivity contribution in [2.75, 3.05) is 6.54 Å². The van der Waals surface area contributed by atoms with Gasteiger partial charge in [0.25, 0.3) is 0 Å². The van der Waals surface area contributed by atoms with Gasteiger partial charge in [-0.15, -0.1) is 6.58 Å². The van der Waals surface area contributed by atoms with Crippen LogP contribution in [0.25, 0.3) is 0 Å². The highest BCUT2D eigenvalue weighted by Gasteiger charge is 2.38. The summed E-state index contributed by atoms with van der Waals surface area (Å²) < 4.78 is 0. The lowest BCUT2D eigenvalue weighted by atomic mass is 9.80. The van der Waals surface area contributed by atoms with Crippen molar-refractivity contribution >= 4 is 11.9 Å². The maximum absolute atomic E-state index is 11.4. The third kappa shape index (κ3) is 3.88. The number of hydrogen-bond acceptors (Lipinski definition) is 2. The second-order valence-corrected chi connectivity index (χ2v) is 4.77. The zero-order chi connectivity index (χ0) is 12.7. The molecule has 0 saturated heterocycles. The molecule has 0 aromatic carbocycles. The molecule has 1 saturated carbocycles. The van der Waals surface area contributed by atoms with E-state index in [0.717, 1.165) is 25.7 Å². The Morgan fingerprint density at radius 3 is 2.29 bits per heavy atom. The summed E-state index contributed by atoms with van der Waals surface area (Å²) in [5.74, 6) is -0.928. The lowest BCUT2D eigenvalue weighted by Gasteiger charge is -2.28. The Balaban J connectivity index is 2.60. The monoisotopic (exact) mass is 239 g/mol. The van der Waals surface area contributed by atoms with Crippen LogP contribution in [-0.4, -0.2) is 23.5 Å². The zero-order valence-corrected chi connectivity index (χ0v) is 10.2. The van der Waals surface area contributed by atoms with E-state index in [4.69, 9.17) is 0 Å². The molecule has 0 spiro atoms. The fourth-order valence-electron chi connectivity index (χ4n) is 2.34. The highest BCUT2D eigenvalue weighted by Crippen LogP contribution is 2.34. The lowest BCUT2D eigenvalue weighted by molar-refractivity contribution is -0.149. The van der Waals surface area contributed by atoms with E-state index >= 15 is 0 Å². The summed E-state index contributed by atoms with van der Waals surface area (Å²) in [6.45, 7) is 3.73. The molecule has 4 nitrogen and oxygen atoms in total. The molecule has 1 amide bonds. The van der Waals surface area contributed by atoms with Gasteiger partial charge in [0.2, 0.25) is 5.91 Å². The van der Waals surface area contributed by atoms with Crippen LogP contribution in [0, 0.1) is 5.41 Å². The van der Waals surface area contributed by atoms with Gasteiger partial charge in [-0.25, -0.2) is 0 Å². The van der Waals surface area contributed by atoms with Gasteiger partial charge in [0.05, 0.1) is 5.41 Å². The largest absolute Gasteiger partial charge is 0.481 e.